The third-order valence-corrected chi connectivity index (χ3v) is 2.86. The van der Waals surface area contributed by atoms with Gasteiger partial charge in [0.25, 0.3) is 0 Å². The van der Waals surface area contributed by atoms with E-state index in [1.54, 1.807) is 20.8 Å². The molecule has 0 aliphatic heterocycles. The maximum Gasteiger partial charge on any atom is 0.573 e. The molecule has 0 saturated heterocycles. The van der Waals surface area contributed by atoms with Crippen LogP contribution in [0.1, 0.15) is 20.8 Å². The van der Waals surface area contributed by atoms with Crippen LogP contribution >= 0.6 is 0 Å². The number of esters is 1. The van der Waals surface area contributed by atoms with Crippen molar-refractivity contribution in [3.8, 4) is 22.6 Å². The Hall–Kier alpha value is -2.71. The van der Waals surface area contributed by atoms with Crippen LogP contribution in [0.15, 0.2) is 30.6 Å². The highest BCUT2D eigenvalue weighted by Gasteiger charge is 2.31. The van der Waals surface area contributed by atoms with Crippen LogP contribution in [0.5, 0.6) is 11.5 Å². The van der Waals surface area contributed by atoms with Crippen LogP contribution in [0.4, 0.5) is 13.2 Å². The lowest BCUT2D eigenvalue weighted by molar-refractivity contribution is -0.274. The molecule has 0 amide bonds. The van der Waals surface area contributed by atoms with E-state index in [0.29, 0.717) is 5.56 Å². The number of rotatable bonds is 4. The lowest BCUT2D eigenvalue weighted by atomic mass is 10.1. The molecule has 0 bridgehead atoms. The molecule has 0 fully saturated rings. The molecule has 0 spiro atoms. The molecule has 0 unspecified atom stereocenters. The van der Waals surface area contributed by atoms with E-state index in [0.717, 1.165) is 18.2 Å². The molecule has 0 radical (unpaired) electrons. The maximum atomic E-state index is 12.3. The third-order valence-electron chi connectivity index (χ3n) is 2.86. The molecule has 6 nitrogen and oxygen atoms in total. The van der Waals surface area contributed by atoms with E-state index >= 15 is 0 Å². The van der Waals surface area contributed by atoms with Crippen LogP contribution in [0.25, 0.3) is 11.1 Å². The number of aromatic hydroxyl groups is 1. The van der Waals surface area contributed by atoms with Crippen molar-refractivity contribution in [2.24, 2.45) is 0 Å². The zero-order valence-corrected chi connectivity index (χ0v) is 13.8. The van der Waals surface area contributed by atoms with Gasteiger partial charge in [0.15, 0.2) is 0 Å². The Balaban J connectivity index is 2.19. The molecule has 2 aromatic rings. The second-order valence-electron chi connectivity index (χ2n) is 6.24. The number of benzene rings is 1. The van der Waals surface area contributed by atoms with E-state index in [2.05, 4.69) is 9.84 Å². The van der Waals surface area contributed by atoms with Gasteiger partial charge in [0.05, 0.1) is 6.20 Å². The third kappa shape index (κ3) is 5.70. The first-order valence-corrected chi connectivity index (χ1v) is 7.26. The number of hydrogen-bond acceptors (Lipinski definition) is 5. The van der Waals surface area contributed by atoms with Crippen LogP contribution < -0.4 is 4.74 Å². The van der Waals surface area contributed by atoms with Crippen LogP contribution in [-0.4, -0.2) is 32.8 Å². The summed E-state index contributed by atoms with van der Waals surface area (Å²) in [6, 6.07) is 3.12. The monoisotopic (exact) mass is 358 g/mol. The van der Waals surface area contributed by atoms with E-state index < -0.39 is 23.7 Å². The van der Waals surface area contributed by atoms with E-state index in [9.17, 15) is 23.1 Å². The molecule has 1 N–H and O–H groups in total. The molecule has 0 atom stereocenters. The van der Waals surface area contributed by atoms with Crippen molar-refractivity contribution in [3.63, 3.8) is 0 Å². The van der Waals surface area contributed by atoms with E-state index in [1.807, 2.05) is 0 Å². The van der Waals surface area contributed by atoms with Gasteiger partial charge >= 0.3 is 12.3 Å². The van der Waals surface area contributed by atoms with E-state index in [4.69, 9.17) is 4.74 Å². The van der Waals surface area contributed by atoms with E-state index in [1.165, 1.54) is 17.1 Å². The van der Waals surface area contributed by atoms with Crippen molar-refractivity contribution in [2.45, 2.75) is 39.3 Å². The number of hydrogen-bond donors (Lipinski definition) is 1. The summed E-state index contributed by atoms with van der Waals surface area (Å²) in [5.41, 5.74) is -0.222. The van der Waals surface area contributed by atoms with Gasteiger partial charge in [0, 0.05) is 17.3 Å². The Labute approximate surface area is 141 Å². The van der Waals surface area contributed by atoms with Crippen molar-refractivity contribution in [1.29, 1.82) is 0 Å². The van der Waals surface area contributed by atoms with Crippen molar-refractivity contribution >= 4 is 5.97 Å². The minimum absolute atomic E-state index is 0.0946. The molecule has 1 heterocycles. The standard InChI is InChI=1S/C16H17F3N2O4/c1-15(2,3)25-14(23)9-21-8-10(7-20-21)12-6-11(4-5-13(12)22)24-16(17,18)19/h4-8,22H,9H2,1-3H3. The molecule has 25 heavy (non-hydrogen) atoms. The fourth-order valence-corrected chi connectivity index (χ4v) is 2.04. The molecule has 136 valence electrons. The first-order valence-electron chi connectivity index (χ1n) is 7.26. The van der Waals surface area contributed by atoms with Crippen molar-refractivity contribution in [3.05, 3.63) is 30.6 Å². The van der Waals surface area contributed by atoms with Gasteiger partial charge in [-0.1, -0.05) is 0 Å². The number of halogens is 3. The van der Waals surface area contributed by atoms with Crippen molar-refractivity contribution < 1.29 is 32.5 Å². The fourth-order valence-electron chi connectivity index (χ4n) is 2.04. The highest BCUT2D eigenvalue weighted by atomic mass is 19.4. The number of alkyl halides is 3. The second-order valence-corrected chi connectivity index (χ2v) is 6.24. The highest BCUT2D eigenvalue weighted by molar-refractivity contribution is 5.72. The molecule has 9 heteroatoms. The summed E-state index contributed by atoms with van der Waals surface area (Å²) < 4.78 is 47.2. The summed E-state index contributed by atoms with van der Waals surface area (Å²) in [7, 11) is 0. The predicted octanol–water partition coefficient (Wildman–Crippen LogP) is 3.50. The molecular weight excluding hydrogens is 341 g/mol. The van der Waals surface area contributed by atoms with Gasteiger partial charge in [0.2, 0.25) is 0 Å². The van der Waals surface area contributed by atoms with E-state index in [-0.39, 0.29) is 17.9 Å². The summed E-state index contributed by atoms with van der Waals surface area (Å²) in [4.78, 5) is 11.8. The van der Waals surface area contributed by atoms with Gasteiger partial charge in [-0.05, 0) is 39.0 Å². The lowest BCUT2D eigenvalue weighted by Crippen LogP contribution is -2.26. The summed E-state index contributed by atoms with van der Waals surface area (Å²) in [5, 5.41) is 13.8. The Morgan fingerprint density at radius 2 is 1.96 bits per heavy atom. The number of phenols is 1. The van der Waals surface area contributed by atoms with Crippen LogP contribution in [-0.2, 0) is 16.1 Å². The molecule has 0 aliphatic rings. The van der Waals surface area contributed by atoms with Crippen molar-refractivity contribution in [2.75, 3.05) is 0 Å². The zero-order chi connectivity index (χ0) is 18.8. The molecular formula is C16H17F3N2O4. The van der Waals surface area contributed by atoms with Crippen LogP contribution in [0.3, 0.4) is 0 Å². The molecule has 0 aliphatic carbocycles. The second kappa shape index (κ2) is 6.66. The molecule has 1 aromatic carbocycles. The Morgan fingerprint density at radius 3 is 2.56 bits per heavy atom. The number of nitrogens with zero attached hydrogens (tertiary/aromatic N) is 2. The normalized spacial score (nSPS) is 12.1. The number of carbonyl (C=O) groups is 1. The summed E-state index contributed by atoms with van der Waals surface area (Å²) >= 11 is 0. The van der Waals surface area contributed by atoms with Crippen molar-refractivity contribution in [1.82, 2.24) is 9.78 Å². The van der Waals surface area contributed by atoms with Gasteiger partial charge < -0.3 is 14.6 Å². The summed E-state index contributed by atoms with van der Waals surface area (Å²) in [6.45, 7) is 5.01. The largest absolute Gasteiger partial charge is 0.573 e. The number of ether oxygens (including phenoxy) is 2. The molecule has 0 saturated carbocycles. The smallest absolute Gasteiger partial charge is 0.507 e. The predicted molar refractivity (Wildman–Crippen MR) is 81.9 cm³/mol. The van der Waals surface area contributed by atoms with Crippen LogP contribution in [0, 0.1) is 0 Å². The van der Waals surface area contributed by atoms with Gasteiger partial charge in [0.1, 0.15) is 23.6 Å². The number of aromatic nitrogens is 2. The SMILES string of the molecule is CC(C)(C)OC(=O)Cn1cc(-c2cc(OC(F)(F)F)ccc2O)cn1. The van der Waals surface area contributed by atoms with Gasteiger partial charge in [-0.3, -0.25) is 9.48 Å². The van der Waals surface area contributed by atoms with Gasteiger partial charge in [-0.15, -0.1) is 13.2 Å². The summed E-state index contributed by atoms with van der Waals surface area (Å²) in [5.74, 6) is -1.23. The molecule has 2 rings (SSSR count). The highest BCUT2D eigenvalue weighted by Crippen LogP contribution is 2.34. The fraction of sp³-hybridized carbons (Fsp3) is 0.375. The van der Waals surface area contributed by atoms with Crippen LogP contribution in [0.2, 0.25) is 0 Å². The summed E-state index contributed by atoms with van der Waals surface area (Å²) in [6.07, 6.45) is -2.11. The first kappa shape index (κ1) is 18.6. The Bertz CT molecular complexity index is 763. The minimum atomic E-state index is -4.84. The Kier molecular flexibility index (Phi) is 4.96. The average Bonchev–Trinajstić information content (AvgIpc) is 2.85. The number of phenolic OH excluding ortho intramolecular Hbond substituents is 1. The topological polar surface area (TPSA) is 73.6 Å². The quantitative estimate of drug-likeness (QED) is 0.847. The number of carbonyl (C=O) groups excluding carboxylic acids is 1. The van der Waals surface area contributed by atoms with Gasteiger partial charge in [-0.25, -0.2) is 0 Å². The van der Waals surface area contributed by atoms with Gasteiger partial charge in [-0.2, -0.15) is 5.10 Å². The average molecular weight is 358 g/mol. The first-order chi connectivity index (χ1) is 11.4. The minimum Gasteiger partial charge on any atom is -0.507 e. The Morgan fingerprint density at radius 1 is 1.28 bits per heavy atom. The maximum absolute atomic E-state index is 12.3. The molecule has 1 aromatic heterocycles. The lowest BCUT2D eigenvalue weighted by Gasteiger charge is -2.19. The zero-order valence-electron chi connectivity index (χ0n) is 13.8.